The van der Waals surface area contributed by atoms with Crippen molar-refractivity contribution in [3.63, 3.8) is 0 Å². The van der Waals surface area contributed by atoms with Gasteiger partial charge in [0.2, 0.25) is 0 Å². The molecule has 0 aromatic heterocycles. The normalized spacial score (nSPS) is 10.5. The fourth-order valence-electron chi connectivity index (χ4n) is 2.06. The van der Waals surface area contributed by atoms with Crippen LogP contribution in [0.3, 0.4) is 0 Å². The van der Waals surface area contributed by atoms with Crippen LogP contribution in [0.1, 0.15) is 36.8 Å². The van der Waals surface area contributed by atoms with Gasteiger partial charge in [-0.25, -0.2) is 4.39 Å². The number of benzene rings is 1. The van der Waals surface area contributed by atoms with Gasteiger partial charge in [0.25, 0.3) is 0 Å². The molecule has 0 unspecified atom stereocenters. The molecule has 0 heterocycles. The molecular formula is C17H24FNO2. The summed E-state index contributed by atoms with van der Waals surface area (Å²) in [6, 6.07) is 4.66. The van der Waals surface area contributed by atoms with E-state index in [1.807, 2.05) is 7.05 Å². The van der Waals surface area contributed by atoms with Gasteiger partial charge in [-0.2, -0.15) is 0 Å². The lowest BCUT2D eigenvalue weighted by molar-refractivity contribution is 0.271. The van der Waals surface area contributed by atoms with Crippen LogP contribution in [0.4, 0.5) is 4.39 Å². The highest BCUT2D eigenvalue weighted by Crippen LogP contribution is 2.13. The molecule has 0 aliphatic rings. The summed E-state index contributed by atoms with van der Waals surface area (Å²) >= 11 is 0. The van der Waals surface area contributed by atoms with Gasteiger partial charge < -0.3 is 15.1 Å². The van der Waals surface area contributed by atoms with Crippen molar-refractivity contribution in [2.75, 3.05) is 26.8 Å². The maximum atomic E-state index is 13.3. The molecule has 21 heavy (non-hydrogen) atoms. The summed E-state index contributed by atoms with van der Waals surface area (Å²) < 4.78 is 13.3. The zero-order valence-electron chi connectivity index (χ0n) is 12.6. The highest BCUT2D eigenvalue weighted by molar-refractivity contribution is 5.41. The Balaban J connectivity index is 2.63. The van der Waals surface area contributed by atoms with Crippen LogP contribution < -0.4 is 0 Å². The molecule has 0 aliphatic heterocycles. The molecule has 0 spiro atoms. The third-order valence-electron chi connectivity index (χ3n) is 3.17. The average Bonchev–Trinajstić information content (AvgIpc) is 2.47. The van der Waals surface area contributed by atoms with Crippen LogP contribution in [0.5, 0.6) is 0 Å². The summed E-state index contributed by atoms with van der Waals surface area (Å²) in [5.74, 6) is 5.47. The lowest BCUT2D eigenvalue weighted by Crippen LogP contribution is -2.19. The van der Waals surface area contributed by atoms with Crippen molar-refractivity contribution < 1.29 is 14.6 Å². The monoisotopic (exact) mass is 293 g/mol. The quantitative estimate of drug-likeness (QED) is 0.570. The Morgan fingerprint density at radius 3 is 2.67 bits per heavy atom. The summed E-state index contributed by atoms with van der Waals surface area (Å²) in [5, 5.41) is 17.5. The van der Waals surface area contributed by atoms with Gasteiger partial charge in [-0.1, -0.05) is 17.9 Å². The van der Waals surface area contributed by atoms with Crippen LogP contribution in [0, 0.1) is 17.7 Å². The Labute approximate surface area is 126 Å². The van der Waals surface area contributed by atoms with Crippen molar-refractivity contribution in [2.45, 2.75) is 32.2 Å². The first-order chi connectivity index (χ1) is 10.2. The van der Waals surface area contributed by atoms with Gasteiger partial charge in [0.05, 0.1) is 6.61 Å². The van der Waals surface area contributed by atoms with E-state index in [4.69, 9.17) is 10.2 Å². The molecule has 0 aliphatic carbocycles. The Bertz CT molecular complexity index is 479. The highest BCUT2D eigenvalue weighted by Gasteiger charge is 2.06. The van der Waals surface area contributed by atoms with Gasteiger partial charge in [-0.3, -0.25) is 0 Å². The first-order valence-electron chi connectivity index (χ1n) is 7.35. The van der Waals surface area contributed by atoms with Gasteiger partial charge >= 0.3 is 0 Å². The highest BCUT2D eigenvalue weighted by atomic mass is 19.1. The number of hydrogen-bond acceptors (Lipinski definition) is 3. The van der Waals surface area contributed by atoms with Crippen LogP contribution in [-0.4, -0.2) is 41.9 Å². The van der Waals surface area contributed by atoms with Crippen molar-refractivity contribution in [2.24, 2.45) is 0 Å². The smallest absolute Gasteiger partial charge is 0.124 e. The first-order valence-corrected chi connectivity index (χ1v) is 7.35. The van der Waals surface area contributed by atoms with E-state index in [0.29, 0.717) is 18.5 Å². The van der Waals surface area contributed by atoms with Crippen LogP contribution >= 0.6 is 0 Å². The molecule has 0 fully saturated rings. The number of hydrogen-bond donors (Lipinski definition) is 2. The summed E-state index contributed by atoms with van der Waals surface area (Å²) in [4.78, 5) is 2.17. The van der Waals surface area contributed by atoms with Crippen molar-refractivity contribution in [3.05, 3.63) is 35.1 Å². The topological polar surface area (TPSA) is 43.7 Å². The second-order valence-corrected chi connectivity index (χ2v) is 5.10. The zero-order chi connectivity index (χ0) is 15.5. The molecule has 1 aromatic rings. The summed E-state index contributed by atoms with van der Waals surface area (Å²) in [5.41, 5.74) is 1.68. The Morgan fingerprint density at radius 1 is 1.14 bits per heavy atom. The van der Waals surface area contributed by atoms with Crippen molar-refractivity contribution in [1.82, 2.24) is 4.90 Å². The lowest BCUT2D eigenvalue weighted by Gasteiger charge is -2.17. The molecule has 0 saturated heterocycles. The SMILES string of the molecule is CN(CCCCCO)Cc1ccc(F)cc1C#CCCO. The number of rotatable bonds is 8. The standard InChI is InChI=1S/C17H24FNO2/c1-19(10-4-2-5-11-20)14-16-8-9-17(18)13-15(16)7-3-6-12-21/h8-9,13,20-21H,2,4-6,10-12,14H2,1H3. The van der Waals surface area contributed by atoms with Crippen LogP contribution in [0.2, 0.25) is 0 Å². The van der Waals surface area contributed by atoms with E-state index >= 15 is 0 Å². The molecular weight excluding hydrogens is 269 g/mol. The van der Waals surface area contributed by atoms with E-state index in [2.05, 4.69) is 16.7 Å². The van der Waals surface area contributed by atoms with Gasteiger partial charge in [0.1, 0.15) is 5.82 Å². The Hall–Kier alpha value is -1.41. The average molecular weight is 293 g/mol. The number of nitrogens with zero attached hydrogens (tertiary/aromatic N) is 1. The zero-order valence-corrected chi connectivity index (χ0v) is 12.6. The van der Waals surface area contributed by atoms with Crippen molar-refractivity contribution in [1.29, 1.82) is 0 Å². The van der Waals surface area contributed by atoms with Crippen LogP contribution in [0.15, 0.2) is 18.2 Å². The largest absolute Gasteiger partial charge is 0.396 e. The molecule has 1 rings (SSSR count). The van der Waals surface area contributed by atoms with Crippen LogP contribution in [0.25, 0.3) is 0 Å². The van der Waals surface area contributed by atoms with Crippen molar-refractivity contribution in [3.8, 4) is 11.8 Å². The second-order valence-electron chi connectivity index (χ2n) is 5.10. The number of unbranched alkanes of at least 4 members (excludes halogenated alkanes) is 2. The minimum absolute atomic E-state index is 0.0163. The molecule has 1 aromatic carbocycles. The van der Waals surface area contributed by atoms with E-state index in [0.717, 1.165) is 31.4 Å². The molecule has 4 heteroatoms. The molecule has 0 bridgehead atoms. The van der Waals surface area contributed by atoms with E-state index in [1.54, 1.807) is 6.07 Å². The Morgan fingerprint density at radius 2 is 1.95 bits per heavy atom. The molecule has 0 radical (unpaired) electrons. The molecule has 3 nitrogen and oxygen atoms in total. The summed E-state index contributed by atoms with van der Waals surface area (Å²) in [7, 11) is 2.02. The minimum atomic E-state index is -0.294. The molecule has 0 amide bonds. The van der Waals surface area contributed by atoms with E-state index < -0.39 is 0 Å². The first kappa shape index (κ1) is 17.6. The van der Waals surface area contributed by atoms with Crippen molar-refractivity contribution >= 4 is 0 Å². The number of aliphatic hydroxyl groups excluding tert-OH is 2. The fraction of sp³-hybridized carbons (Fsp3) is 0.529. The van der Waals surface area contributed by atoms with Gasteiger partial charge in [0.15, 0.2) is 0 Å². The third-order valence-corrected chi connectivity index (χ3v) is 3.17. The number of aliphatic hydroxyl groups is 2. The lowest BCUT2D eigenvalue weighted by atomic mass is 10.1. The third kappa shape index (κ3) is 7.24. The molecule has 116 valence electrons. The van der Waals surface area contributed by atoms with Gasteiger partial charge in [-0.05, 0) is 50.6 Å². The van der Waals surface area contributed by atoms with Gasteiger partial charge in [-0.15, -0.1) is 0 Å². The minimum Gasteiger partial charge on any atom is -0.396 e. The fourth-order valence-corrected chi connectivity index (χ4v) is 2.06. The van der Waals surface area contributed by atoms with E-state index in [9.17, 15) is 4.39 Å². The second kappa shape index (κ2) is 10.3. The summed E-state index contributed by atoms with van der Waals surface area (Å²) in [6.45, 7) is 1.90. The molecule has 2 N–H and O–H groups in total. The van der Waals surface area contributed by atoms with Gasteiger partial charge in [0, 0.05) is 25.1 Å². The number of halogens is 1. The Kier molecular flexibility index (Phi) is 8.68. The van der Waals surface area contributed by atoms with E-state index in [-0.39, 0.29) is 19.0 Å². The van der Waals surface area contributed by atoms with E-state index in [1.165, 1.54) is 12.1 Å². The predicted octanol–water partition coefficient (Wildman–Crippen LogP) is 2.15. The molecule has 0 atom stereocenters. The summed E-state index contributed by atoms with van der Waals surface area (Å²) in [6.07, 6.45) is 3.27. The van der Waals surface area contributed by atoms with Crippen LogP contribution in [-0.2, 0) is 6.54 Å². The maximum absolute atomic E-state index is 13.3. The maximum Gasteiger partial charge on any atom is 0.124 e. The predicted molar refractivity (Wildman–Crippen MR) is 82.3 cm³/mol. The molecule has 0 saturated carbocycles.